The number of aliphatic hydroxyl groups excluding tert-OH is 1. The molecule has 0 bridgehead atoms. The summed E-state index contributed by atoms with van der Waals surface area (Å²) in [4.78, 5) is 0. The van der Waals surface area contributed by atoms with Crippen molar-refractivity contribution in [2.75, 3.05) is 6.61 Å². The molecule has 0 unspecified atom stereocenters. The number of phenols is 1. The van der Waals surface area contributed by atoms with Crippen LogP contribution in [0.2, 0.25) is 0 Å². The molecule has 0 spiro atoms. The largest absolute Gasteiger partial charge is 0.507 e. The van der Waals surface area contributed by atoms with Crippen LogP contribution in [-0.4, -0.2) is 16.8 Å². The van der Waals surface area contributed by atoms with Crippen LogP contribution in [0, 0.1) is 5.41 Å². The topological polar surface area (TPSA) is 40.5 Å². The number of aromatic hydroxyl groups is 1. The van der Waals surface area contributed by atoms with Crippen molar-refractivity contribution in [2.24, 2.45) is 5.41 Å². The first-order valence-electron chi connectivity index (χ1n) is 4.53. The van der Waals surface area contributed by atoms with Crippen LogP contribution < -0.4 is 0 Å². The molecule has 2 N–H and O–H groups in total. The van der Waals surface area contributed by atoms with E-state index in [1.165, 1.54) is 0 Å². The predicted octanol–water partition coefficient (Wildman–Crippen LogP) is 2.72. The summed E-state index contributed by atoms with van der Waals surface area (Å²) in [5.74, 6) is 0.246. The summed E-state index contributed by atoms with van der Waals surface area (Å²) in [6.45, 7) is 4.17. The van der Waals surface area contributed by atoms with Gasteiger partial charge in [0.2, 0.25) is 0 Å². The minimum absolute atomic E-state index is 0.115. The van der Waals surface area contributed by atoms with Crippen molar-refractivity contribution in [2.45, 2.75) is 20.3 Å². The molecule has 0 aliphatic rings. The van der Waals surface area contributed by atoms with Gasteiger partial charge in [-0.15, -0.1) is 0 Å². The molecule has 0 atom stereocenters. The third-order valence-corrected chi connectivity index (χ3v) is 2.76. The Morgan fingerprint density at radius 1 is 1.36 bits per heavy atom. The third kappa shape index (κ3) is 3.00. The maximum absolute atomic E-state index is 9.30. The van der Waals surface area contributed by atoms with Gasteiger partial charge in [-0.2, -0.15) is 0 Å². The van der Waals surface area contributed by atoms with E-state index < -0.39 is 0 Å². The molecule has 0 amide bonds. The Labute approximate surface area is 92.7 Å². The normalized spacial score (nSPS) is 11.7. The maximum atomic E-state index is 9.30. The summed E-state index contributed by atoms with van der Waals surface area (Å²) in [5, 5.41) is 18.4. The van der Waals surface area contributed by atoms with E-state index in [9.17, 15) is 5.11 Å². The van der Waals surface area contributed by atoms with Crippen molar-refractivity contribution in [1.82, 2.24) is 0 Å². The van der Waals surface area contributed by atoms with Crippen LogP contribution >= 0.6 is 15.9 Å². The molecule has 0 fully saturated rings. The van der Waals surface area contributed by atoms with E-state index in [4.69, 9.17) is 5.11 Å². The van der Waals surface area contributed by atoms with Crippen LogP contribution in [0.1, 0.15) is 19.4 Å². The molecule has 3 heteroatoms. The van der Waals surface area contributed by atoms with Gasteiger partial charge in [-0.1, -0.05) is 19.9 Å². The van der Waals surface area contributed by atoms with Crippen molar-refractivity contribution >= 4 is 15.9 Å². The Bertz CT molecular complexity index is 321. The summed E-state index contributed by atoms with van der Waals surface area (Å²) >= 11 is 3.26. The first-order chi connectivity index (χ1) is 6.44. The zero-order chi connectivity index (χ0) is 10.8. The summed E-state index contributed by atoms with van der Waals surface area (Å²) in [6.07, 6.45) is 0.794. The lowest BCUT2D eigenvalue weighted by Crippen LogP contribution is -2.19. The first-order valence-corrected chi connectivity index (χ1v) is 5.32. The lowest BCUT2D eigenvalue weighted by Gasteiger charge is -2.21. The lowest BCUT2D eigenvalue weighted by molar-refractivity contribution is 0.159. The molecule has 0 aromatic heterocycles. The van der Waals surface area contributed by atoms with Gasteiger partial charge in [-0.25, -0.2) is 0 Å². The second-order valence-corrected chi connectivity index (χ2v) is 5.14. The maximum Gasteiger partial charge on any atom is 0.129 e. The number of benzene rings is 1. The molecule has 1 aromatic carbocycles. The van der Waals surface area contributed by atoms with Crippen LogP contribution in [0.4, 0.5) is 0 Å². The highest BCUT2D eigenvalue weighted by atomic mass is 79.9. The molecule has 78 valence electrons. The molecule has 2 nitrogen and oxygen atoms in total. The fourth-order valence-electron chi connectivity index (χ4n) is 1.27. The summed E-state index contributed by atoms with van der Waals surface area (Å²) in [6, 6.07) is 5.41. The van der Waals surface area contributed by atoms with E-state index >= 15 is 0 Å². The zero-order valence-corrected chi connectivity index (χ0v) is 10.0. The number of hydrogen-bond donors (Lipinski definition) is 2. The van der Waals surface area contributed by atoms with Crippen LogP contribution in [-0.2, 0) is 6.42 Å². The fraction of sp³-hybridized carbons (Fsp3) is 0.455. The molecular formula is C11H15BrO2. The van der Waals surface area contributed by atoms with E-state index in [-0.39, 0.29) is 17.8 Å². The number of hydrogen-bond acceptors (Lipinski definition) is 2. The van der Waals surface area contributed by atoms with Crippen molar-refractivity contribution in [3.8, 4) is 5.75 Å². The molecular weight excluding hydrogens is 244 g/mol. The molecule has 0 saturated carbocycles. The van der Waals surface area contributed by atoms with Crippen molar-refractivity contribution < 1.29 is 10.2 Å². The zero-order valence-electron chi connectivity index (χ0n) is 8.42. The minimum Gasteiger partial charge on any atom is -0.507 e. The summed E-state index contributed by atoms with van der Waals surface area (Å²) in [5.41, 5.74) is 0.991. The highest BCUT2D eigenvalue weighted by Crippen LogP contribution is 2.28. The van der Waals surface area contributed by atoms with Crippen molar-refractivity contribution in [3.05, 3.63) is 28.2 Å². The molecule has 0 aliphatic heterocycles. The molecule has 1 aromatic rings. The van der Waals surface area contributed by atoms with Gasteiger partial charge in [-0.3, -0.25) is 0 Å². The van der Waals surface area contributed by atoms with Crippen molar-refractivity contribution in [3.63, 3.8) is 0 Å². The number of aliphatic hydroxyl groups is 1. The Balaban J connectivity index is 2.83. The van der Waals surface area contributed by atoms with Gasteiger partial charge in [0, 0.05) is 6.61 Å². The Morgan fingerprint density at radius 3 is 2.50 bits per heavy atom. The molecule has 0 aliphatic carbocycles. The average molecular weight is 259 g/mol. The minimum atomic E-state index is -0.115. The standard InChI is InChI=1S/C11H15BrO2/c1-11(2,7-13)6-8-3-4-10(14)9(12)5-8/h3-5,13-14H,6-7H2,1-2H3. The number of halogens is 1. The molecule has 0 radical (unpaired) electrons. The Hall–Kier alpha value is -0.540. The number of phenolic OH excluding ortho intramolecular Hbond substituents is 1. The lowest BCUT2D eigenvalue weighted by atomic mass is 9.87. The van der Waals surface area contributed by atoms with Crippen LogP contribution in [0.3, 0.4) is 0 Å². The second-order valence-electron chi connectivity index (χ2n) is 4.28. The Morgan fingerprint density at radius 2 is 2.00 bits per heavy atom. The molecule has 0 heterocycles. The molecule has 0 saturated heterocycles. The fourth-order valence-corrected chi connectivity index (χ4v) is 1.70. The third-order valence-electron chi connectivity index (χ3n) is 2.12. The quantitative estimate of drug-likeness (QED) is 0.876. The Kier molecular flexibility index (Phi) is 3.56. The predicted molar refractivity (Wildman–Crippen MR) is 60.4 cm³/mol. The van der Waals surface area contributed by atoms with Crippen LogP contribution in [0.25, 0.3) is 0 Å². The SMILES string of the molecule is CC(C)(CO)Cc1ccc(O)c(Br)c1. The van der Waals surface area contributed by atoms with E-state index in [1.807, 2.05) is 26.0 Å². The van der Waals surface area contributed by atoms with Crippen LogP contribution in [0.5, 0.6) is 5.75 Å². The van der Waals surface area contributed by atoms with Gasteiger partial charge in [0.1, 0.15) is 5.75 Å². The van der Waals surface area contributed by atoms with E-state index in [0.29, 0.717) is 4.47 Å². The van der Waals surface area contributed by atoms with Gasteiger partial charge >= 0.3 is 0 Å². The van der Waals surface area contributed by atoms with E-state index in [0.717, 1.165) is 12.0 Å². The smallest absolute Gasteiger partial charge is 0.129 e. The van der Waals surface area contributed by atoms with Crippen molar-refractivity contribution in [1.29, 1.82) is 0 Å². The van der Waals surface area contributed by atoms with E-state index in [1.54, 1.807) is 6.07 Å². The molecule has 14 heavy (non-hydrogen) atoms. The second kappa shape index (κ2) is 4.32. The van der Waals surface area contributed by atoms with Crippen LogP contribution in [0.15, 0.2) is 22.7 Å². The highest BCUT2D eigenvalue weighted by molar-refractivity contribution is 9.10. The monoisotopic (exact) mass is 258 g/mol. The first kappa shape index (κ1) is 11.5. The highest BCUT2D eigenvalue weighted by Gasteiger charge is 2.17. The van der Waals surface area contributed by atoms with E-state index in [2.05, 4.69) is 15.9 Å². The average Bonchev–Trinajstić information content (AvgIpc) is 2.11. The van der Waals surface area contributed by atoms with Gasteiger partial charge in [0.25, 0.3) is 0 Å². The van der Waals surface area contributed by atoms with Gasteiger partial charge < -0.3 is 10.2 Å². The van der Waals surface area contributed by atoms with Gasteiger partial charge in [-0.05, 0) is 45.5 Å². The van der Waals surface area contributed by atoms with Gasteiger partial charge in [0.05, 0.1) is 4.47 Å². The summed E-state index contributed by atoms with van der Waals surface area (Å²) in [7, 11) is 0. The number of rotatable bonds is 3. The summed E-state index contributed by atoms with van der Waals surface area (Å²) < 4.78 is 0.698. The van der Waals surface area contributed by atoms with Gasteiger partial charge in [0.15, 0.2) is 0 Å². The molecule has 1 rings (SSSR count).